The molecule has 106 valence electrons. The minimum atomic E-state index is -0.523. The molecule has 1 N–H and O–H groups in total. The number of hydrogen-bond donors (Lipinski definition) is 1. The third-order valence-corrected chi connectivity index (χ3v) is 6.59. The second-order valence-electron chi connectivity index (χ2n) is 7.37. The molecule has 0 radical (unpaired) electrons. The van der Waals surface area contributed by atoms with Gasteiger partial charge in [-0.2, -0.15) is 0 Å². The molecule has 2 bridgehead atoms. The zero-order valence-corrected chi connectivity index (χ0v) is 12.3. The van der Waals surface area contributed by atoms with Gasteiger partial charge < -0.3 is 10.1 Å². The Morgan fingerprint density at radius 3 is 2.65 bits per heavy atom. The molecule has 2 aliphatic carbocycles. The van der Waals surface area contributed by atoms with Crippen molar-refractivity contribution >= 4 is 5.91 Å². The fourth-order valence-corrected chi connectivity index (χ4v) is 4.80. The monoisotopic (exact) mass is 271 g/mol. The van der Waals surface area contributed by atoms with E-state index in [1.54, 1.807) is 0 Å². The summed E-state index contributed by atoms with van der Waals surface area (Å²) in [6, 6.07) is 7.56. The molecule has 4 rings (SSSR count). The molecule has 2 fully saturated rings. The lowest BCUT2D eigenvalue weighted by Gasteiger charge is -2.50. The quantitative estimate of drug-likeness (QED) is 0.786. The van der Waals surface area contributed by atoms with Crippen molar-refractivity contribution in [2.75, 3.05) is 0 Å². The number of para-hydroxylation sites is 1. The molecule has 0 saturated heterocycles. The van der Waals surface area contributed by atoms with Gasteiger partial charge in [-0.3, -0.25) is 4.79 Å². The van der Waals surface area contributed by atoms with Crippen molar-refractivity contribution < 1.29 is 9.53 Å². The molecule has 3 atom stereocenters. The summed E-state index contributed by atoms with van der Waals surface area (Å²) in [5.41, 5.74) is 0.327. The number of carbonyl (C=O) groups excluding carboxylic acids is 1. The van der Waals surface area contributed by atoms with Crippen LogP contribution in [0.3, 0.4) is 0 Å². The number of benzene rings is 1. The summed E-state index contributed by atoms with van der Waals surface area (Å²) < 4.78 is 6.39. The van der Waals surface area contributed by atoms with E-state index < -0.39 is 5.72 Å². The Balaban J connectivity index is 1.84. The van der Waals surface area contributed by atoms with Crippen molar-refractivity contribution in [2.24, 2.45) is 16.7 Å². The molecule has 3 nitrogen and oxygen atoms in total. The molecular formula is C17H21NO2. The van der Waals surface area contributed by atoms with Crippen LogP contribution in [0, 0.1) is 16.7 Å². The number of carbonyl (C=O) groups is 1. The first kappa shape index (κ1) is 12.2. The van der Waals surface area contributed by atoms with Crippen LogP contribution in [-0.2, 0) is 0 Å². The lowest BCUT2D eigenvalue weighted by Crippen LogP contribution is -2.64. The van der Waals surface area contributed by atoms with E-state index in [9.17, 15) is 4.79 Å². The highest BCUT2D eigenvalue weighted by atomic mass is 16.5. The third-order valence-electron chi connectivity index (χ3n) is 6.59. The number of rotatable bonds is 0. The predicted octanol–water partition coefficient (Wildman–Crippen LogP) is 3.35. The molecule has 3 aliphatic rings. The summed E-state index contributed by atoms with van der Waals surface area (Å²) in [7, 11) is 0. The molecule has 1 heterocycles. The highest BCUT2D eigenvalue weighted by molar-refractivity contribution is 5.98. The van der Waals surface area contributed by atoms with E-state index in [4.69, 9.17) is 4.74 Å². The van der Waals surface area contributed by atoms with Crippen molar-refractivity contribution in [1.29, 1.82) is 0 Å². The second kappa shape index (κ2) is 3.38. The SMILES string of the molecule is CC1(C)[C@@H]2CC[C@]1(C)[C@@]1(C2)NC(=O)c2ccccc2O1. The Hall–Kier alpha value is -1.51. The smallest absolute Gasteiger partial charge is 0.258 e. The Kier molecular flexibility index (Phi) is 2.07. The van der Waals surface area contributed by atoms with E-state index in [0.717, 1.165) is 18.6 Å². The van der Waals surface area contributed by atoms with E-state index in [0.29, 0.717) is 11.5 Å². The molecule has 0 unspecified atom stereocenters. The molecule has 1 aromatic rings. The average Bonchev–Trinajstić information content (AvgIpc) is 2.71. The van der Waals surface area contributed by atoms with Crippen LogP contribution in [0.4, 0.5) is 0 Å². The van der Waals surface area contributed by atoms with Crippen LogP contribution >= 0.6 is 0 Å². The maximum Gasteiger partial charge on any atom is 0.258 e. The van der Waals surface area contributed by atoms with Gasteiger partial charge in [-0.05, 0) is 36.3 Å². The van der Waals surface area contributed by atoms with Crippen LogP contribution < -0.4 is 10.1 Å². The summed E-state index contributed by atoms with van der Waals surface area (Å²) in [5.74, 6) is 1.37. The van der Waals surface area contributed by atoms with Crippen LogP contribution in [0.2, 0.25) is 0 Å². The fourth-order valence-electron chi connectivity index (χ4n) is 4.80. The molecular weight excluding hydrogens is 250 g/mol. The van der Waals surface area contributed by atoms with Gasteiger partial charge in [0.2, 0.25) is 0 Å². The summed E-state index contributed by atoms with van der Waals surface area (Å²) in [6.45, 7) is 6.94. The highest BCUT2D eigenvalue weighted by Gasteiger charge is 2.72. The largest absolute Gasteiger partial charge is 0.467 e. The zero-order valence-electron chi connectivity index (χ0n) is 12.3. The summed E-state index contributed by atoms with van der Waals surface area (Å²) in [4.78, 5) is 12.5. The summed E-state index contributed by atoms with van der Waals surface area (Å²) in [5, 5.41) is 3.21. The first-order valence-electron chi connectivity index (χ1n) is 7.50. The Morgan fingerprint density at radius 2 is 2.00 bits per heavy atom. The van der Waals surface area contributed by atoms with Gasteiger partial charge >= 0.3 is 0 Å². The van der Waals surface area contributed by atoms with Gasteiger partial charge in [-0.15, -0.1) is 0 Å². The van der Waals surface area contributed by atoms with Gasteiger partial charge in [0, 0.05) is 11.8 Å². The van der Waals surface area contributed by atoms with Gasteiger partial charge in [0.05, 0.1) is 5.56 Å². The van der Waals surface area contributed by atoms with Crippen molar-refractivity contribution in [3.63, 3.8) is 0 Å². The van der Waals surface area contributed by atoms with Crippen molar-refractivity contribution in [2.45, 2.75) is 45.8 Å². The predicted molar refractivity (Wildman–Crippen MR) is 76.5 cm³/mol. The van der Waals surface area contributed by atoms with Gasteiger partial charge in [-0.25, -0.2) is 0 Å². The third kappa shape index (κ3) is 1.16. The number of hydrogen-bond acceptors (Lipinski definition) is 2. The minimum Gasteiger partial charge on any atom is -0.467 e. The maximum absolute atomic E-state index is 12.5. The first-order chi connectivity index (χ1) is 9.40. The fraction of sp³-hybridized carbons (Fsp3) is 0.588. The Morgan fingerprint density at radius 1 is 1.25 bits per heavy atom. The molecule has 0 aromatic heterocycles. The molecule has 3 heteroatoms. The number of nitrogens with one attached hydrogen (secondary N) is 1. The topological polar surface area (TPSA) is 38.3 Å². The van der Waals surface area contributed by atoms with Crippen LogP contribution in [0.15, 0.2) is 24.3 Å². The van der Waals surface area contributed by atoms with E-state index in [1.165, 1.54) is 6.42 Å². The van der Waals surface area contributed by atoms with Gasteiger partial charge in [-0.1, -0.05) is 32.9 Å². The van der Waals surface area contributed by atoms with Crippen molar-refractivity contribution in [3.05, 3.63) is 29.8 Å². The Labute approximate surface area is 119 Å². The zero-order chi connectivity index (χ0) is 14.2. The average molecular weight is 271 g/mol. The summed E-state index contributed by atoms with van der Waals surface area (Å²) >= 11 is 0. The summed E-state index contributed by atoms with van der Waals surface area (Å²) in [6.07, 6.45) is 3.29. The molecule has 1 aromatic carbocycles. The van der Waals surface area contributed by atoms with Crippen molar-refractivity contribution in [1.82, 2.24) is 5.32 Å². The maximum atomic E-state index is 12.5. The number of ether oxygens (including phenoxy) is 1. The lowest BCUT2D eigenvalue weighted by atomic mass is 9.67. The number of amides is 1. The van der Waals surface area contributed by atoms with Crippen LogP contribution in [0.5, 0.6) is 5.75 Å². The van der Waals surface area contributed by atoms with E-state index in [2.05, 4.69) is 26.1 Å². The molecule has 1 amide bonds. The molecule has 1 aliphatic heterocycles. The van der Waals surface area contributed by atoms with Crippen LogP contribution in [-0.4, -0.2) is 11.6 Å². The van der Waals surface area contributed by atoms with Crippen molar-refractivity contribution in [3.8, 4) is 5.75 Å². The van der Waals surface area contributed by atoms with Crippen LogP contribution in [0.1, 0.15) is 50.4 Å². The molecule has 2 saturated carbocycles. The van der Waals surface area contributed by atoms with E-state index in [-0.39, 0.29) is 16.7 Å². The Bertz CT molecular complexity index is 609. The van der Waals surface area contributed by atoms with E-state index in [1.807, 2.05) is 24.3 Å². The van der Waals surface area contributed by atoms with Gasteiger partial charge in [0.15, 0.2) is 5.72 Å². The first-order valence-corrected chi connectivity index (χ1v) is 7.50. The normalized spacial score (nSPS) is 40.4. The second-order valence-corrected chi connectivity index (χ2v) is 7.37. The number of fused-ring (bicyclic) bond motifs is 4. The molecule has 1 spiro atoms. The molecule has 20 heavy (non-hydrogen) atoms. The van der Waals surface area contributed by atoms with Gasteiger partial charge in [0.1, 0.15) is 5.75 Å². The van der Waals surface area contributed by atoms with Gasteiger partial charge in [0.25, 0.3) is 5.91 Å². The highest BCUT2D eigenvalue weighted by Crippen LogP contribution is 2.70. The lowest BCUT2D eigenvalue weighted by molar-refractivity contribution is -0.0912. The standard InChI is InChI=1S/C17H21NO2/c1-15(2)11-8-9-16(15,3)17(10-11)18-14(19)12-6-4-5-7-13(12)20-17/h4-7,11H,8-10H2,1-3H3,(H,18,19)/t11-,16+,17+/m1/s1. The van der Waals surface area contributed by atoms with E-state index >= 15 is 0 Å². The van der Waals surface area contributed by atoms with Crippen LogP contribution in [0.25, 0.3) is 0 Å². The minimum absolute atomic E-state index is 0.00609.